The monoisotopic (exact) mass is 432 g/mol. The molecule has 0 aliphatic rings. The number of benzene rings is 4. The molecule has 168 valence electrons. The first-order valence-electron chi connectivity index (χ1n) is 12.3. The lowest BCUT2D eigenvalue weighted by molar-refractivity contribution is 0.590. The van der Waals surface area contributed by atoms with Gasteiger partial charge in [-0.15, -0.1) is 0 Å². The minimum Gasteiger partial charge on any atom is -0.0617 e. The summed E-state index contributed by atoms with van der Waals surface area (Å²) in [6.07, 6.45) is 3.49. The summed E-state index contributed by atoms with van der Waals surface area (Å²) in [5, 5.41) is 0. The summed E-state index contributed by atoms with van der Waals surface area (Å²) in [5.74, 6) is 0.862. The van der Waals surface area contributed by atoms with Crippen LogP contribution in [0.4, 0.5) is 0 Å². The van der Waals surface area contributed by atoms with Crippen molar-refractivity contribution >= 4 is 0 Å². The Hall–Kier alpha value is -3.12. The van der Waals surface area contributed by atoms with Crippen molar-refractivity contribution in [3.05, 3.63) is 142 Å². The highest BCUT2D eigenvalue weighted by Crippen LogP contribution is 2.35. The fourth-order valence-electron chi connectivity index (χ4n) is 5.13. The van der Waals surface area contributed by atoms with E-state index in [0.29, 0.717) is 11.8 Å². The first kappa shape index (κ1) is 23.1. The molecule has 0 heteroatoms. The van der Waals surface area contributed by atoms with Gasteiger partial charge in [0.25, 0.3) is 0 Å². The molecule has 0 aliphatic carbocycles. The van der Waals surface area contributed by atoms with E-state index in [0.717, 1.165) is 12.8 Å². The van der Waals surface area contributed by atoms with Crippen LogP contribution in [-0.4, -0.2) is 0 Å². The van der Waals surface area contributed by atoms with Crippen LogP contribution in [0.15, 0.2) is 97.1 Å². The lowest BCUT2D eigenvalue weighted by Crippen LogP contribution is -2.06. The maximum Gasteiger partial charge on any atom is 0.00895 e. The third-order valence-electron chi connectivity index (χ3n) is 6.76. The summed E-state index contributed by atoms with van der Waals surface area (Å²) < 4.78 is 0. The lowest BCUT2D eigenvalue weighted by atomic mass is 9.82. The fourth-order valence-corrected chi connectivity index (χ4v) is 5.13. The smallest absolute Gasteiger partial charge is 0.00895 e. The molecule has 4 rings (SSSR count). The molecule has 0 bridgehead atoms. The summed E-state index contributed by atoms with van der Waals surface area (Å²) in [7, 11) is 0. The summed E-state index contributed by atoms with van der Waals surface area (Å²) in [6, 6.07) is 36.3. The van der Waals surface area contributed by atoms with Gasteiger partial charge in [-0.2, -0.15) is 0 Å². The van der Waals surface area contributed by atoms with Gasteiger partial charge in [0.2, 0.25) is 0 Å². The Morgan fingerprint density at radius 3 is 0.939 bits per heavy atom. The summed E-state index contributed by atoms with van der Waals surface area (Å²) in [6.45, 7) is 8.79. The van der Waals surface area contributed by atoms with Crippen LogP contribution in [0.25, 0.3) is 0 Å². The van der Waals surface area contributed by atoms with Crippen LogP contribution in [0.2, 0.25) is 0 Å². The Balaban J connectivity index is 1.60. The standard InChI is InChI=1S/C33H36/c1-24-10-5-14-28(20-24)32(29-15-6-11-25(2)21-29)18-9-19-33(30-16-7-12-26(3)22-30)31-17-8-13-27(4)23-31/h5-8,10-17,20-23,32-33H,9,18-19H2,1-4H3. The molecule has 0 fully saturated rings. The largest absolute Gasteiger partial charge is 0.0617 e. The fraction of sp³-hybridized carbons (Fsp3) is 0.273. The van der Waals surface area contributed by atoms with E-state index < -0.39 is 0 Å². The highest BCUT2D eigenvalue weighted by molar-refractivity contribution is 5.38. The van der Waals surface area contributed by atoms with E-state index >= 15 is 0 Å². The van der Waals surface area contributed by atoms with Crippen molar-refractivity contribution in [1.82, 2.24) is 0 Å². The molecular formula is C33H36. The first-order valence-corrected chi connectivity index (χ1v) is 12.3. The van der Waals surface area contributed by atoms with E-state index in [9.17, 15) is 0 Å². The molecular weight excluding hydrogens is 396 g/mol. The highest BCUT2D eigenvalue weighted by Gasteiger charge is 2.18. The van der Waals surface area contributed by atoms with Crippen molar-refractivity contribution in [2.24, 2.45) is 0 Å². The maximum absolute atomic E-state index is 2.37. The SMILES string of the molecule is Cc1cccc(C(CCCC(c2cccc(C)c2)c2cccc(C)c2)c2cccc(C)c2)c1. The number of rotatable bonds is 8. The van der Waals surface area contributed by atoms with Crippen molar-refractivity contribution in [2.45, 2.75) is 58.8 Å². The van der Waals surface area contributed by atoms with E-state index in [1.807, 2.05) is 0 Å². The first-order chi connectivity index (χ1) is 16.0. The molecule has 4 aromatic rings. The number of hydrogen-bond donors (Lipinski definition) is 0. The third-order valence-corrected chi connectivity index (χ3v) is 6.76. The minimum atomic E-state index is 0.431. The summed E-state index contributed by atoms with van der Waals surface area (Å²) in [4.78, 5) is 0. The second-order valence-corrected chi connectivity index (χ2v) is 9.69. The van der Waals surface area contributed by atoms with Crippen molar-refractivity contribution in [2.75, 3.05) is 0 Å². The van der Waals surface area contributed by atoms with E-state index in [1.54, 1.807) is 0 Å². The van der Waals surface area contributed by atoms with Crippen molar-refractivity contribution in [3.8, 4) is 0 Å². The molecule has 0 aliphatic heterocycles. The summed E-state index contributed by atoms with van der Waals surface area (Å²) >= 11 is 0. The molecule has 0 amide bonds. The lowest BCUT2D eigenvalue weighted by Gasteiger charge is -2.23. The van der Waals surface area contributed by atoms with Gasteiger partial charge in [-0.1, -0.05) is 126 Å². The molecule has 0 atom stereocenters. The Morgan fingerprint density at radius 2 is 0.697 bits per heavy atom. The molecule has 0 unspecified atom stereocenters. The van der Waals surface area contributed by atoms with Gasteiger partial charge in [0.1, 0.15) is 0 Å². The molecule has 0 N–H and O–H groups in total. The highest BCUT2D eigenvalue weighted by atomic mass is 14.2. The third kappa shape index (κ3) is 6.02. The average molecular weight is 433 g/mol. The topological polar surface area (TPSA) is 0 Å². The van der Waals surface area contributed by atoms with Crippen molar-refractivity contribution < 1.29 is 0 Å². The quantitative estimate of drug-likeness (QED) is 0.260. The van der Waals surface area contributed by atoms with Crippen LogP contribution >= 0.6 is 0 Å². The zero-order valence-electron chi connectivity index (χ0n) is 20.5. The minimum absolute atomic E-state index is 0.431. The molecule has 0 radical (unpaired) electrons. The Kier molecular flexibility index (Phi) is 7.45. The Morgan fingerprint density at radius 1 is 0.424 bits per heavy atom. The van der Waals surface area contributed by atoms with Gasteiger partial charge < -0.3 is 0 Å². The normalized spacial score (nSPS) is 11.3. The van der Waals surface area contributed by atoms with Gasteiger partial charge in [0, 0.05) is 11.8 Å². The van der Waals surface area contributed by atoms with Gasteiger partial charge in [-0.25, -0.2) is 0 Å². The molecule has 0 heterocycles. The molecule has 33 heavy (non-hydrogen) atoms. The number of hydrogen-bond acceptors (Lipinski definition) is 0. The van der Waals surface area contributed by atoms with E-state index in [-0.39, 0.29) is 0 Å². The maximum atomic E-state index is 2.37. The Bertz CT molecular complexity index is 1010. The van der Waals surface area contributed by atoms with Crippen molar-refractivity contribution in [3.63, 3.8) is 0 Å². The molecule has 0 aromatic heterocycles. The average Bonchev–Trinajstić information content (AvgIpc) is 2.79. The van der Waals surface area contributed by atoms with Crippen LogP contribution in [0.3, 0.4) is 0 Å². The second kappa shape index (κ2) is 10.7. The zero-order chi connectivity index (χ0) is 23.2. The molecule has 0 spiro atoms. The van der Waals surface area contributed by atoms with Gasteiger partial charge in [0.15, 0.2) is 0 Å². The second-order valence-electron chi connectivity index (χ2n) is 9.69. The van der Waals surface area contributed by atoms with Crippen LogP contribution in [-0.2, 0) is 0 Å². The van der Waals surface area contributed by atoms with Gasteiger partial charge >= 0.3 is 0 Å². The molecule has 0 saturated carbocycles. The number of aryl methyl sites for hydroxylation is 4. The van der Waals surface area contributed by atoms with Crippen LogP contribution in [0.1, 0.15) is 75.6 Å². The van der Waals surface area contributed by atoms with Crippen molar-refractivity contribution in [1.29, 1.82) is 0 Å². The van der Waals surface area contributed by atoms with Gasteiger partial charge in [-0.05, 0) is 62.8 Å². The van der Waals surface area contributed by atoms with E-state index in [4.69, 9.17) is 0 Å². The molecule has 4 aromatic carbocycles. The zero-order valence-corrected chi connectivity index (χ0v) is 20.5. The van der Waals surface area contributed by atoms with E-state index in [1.165, 1.54) is 50.9 Å². The van der Waals surface area contributed by atoms with E-state index in [2.05, 4.69) is 125 Å². The predicted molar refractivity (Wildman–Crippen MR) is 142 cm³/mol. The predicted octanol–water partition coefficient (Wildman–Crippen LogP) is 9.05. The van der Waals surface area contributed by atoms with Gasteiger partial charge in [-0.3, -0.25) is 0 Å². The molecule has 0 nitrogen and oxygen atoms in total. The van der Waals surface area contributed by atoms with Crippen LogP contribution in [0.5, 0.6) is 0 Å². The molecule has 0 saturated heterocycles. The summed E-state index contributed by atoms with van der Waals surface area (Å²) in [5.41, 5.74) is 11.1. The van der Waals surface area contributed by atoms with Gasteiger partial charge in [0.05, 0.1) is 0 Å². The van der Waals surface area contributed by atoms with Crippen LogP contribution < -0.4 is 0 Å². The Labute approximate surface area is 200 Å². The van der Waals surface area contributed by atoms with Crippen LogP contribution in [0, 0.1) is 27.7 Å².